The van der Waals surface area contributed by atoms with Crippen molar-refractivity contribution < 1.29 is 9.53 Å². The Morgan fingerprint density at radius 1 is 1.52 bits per heavy atom. The minimum Gasteiger partial charge on any atom is -0.462 e. The Bertz CT molecular complexity index is 476. The van der Waals surface area contributed by atoms with Gasteiger partial charge in [0.2, 0.25) is 0 Å². The minimum absolute atomic E-state index is 0.263. The maximum Gasteiger partial charge on any atom is 0.341 e. The zero-order valence-corrected chi connectivity index (χ0v) is 13.2. The van der Waals surface area contributed by atoms with Crippen LogP contribution in [-0.2, 0) is 18.3 Å². The van der Waals surface area contributed by atoms with E-state index < -0.39 is 0 Å². The molecule has 0 amide bonds. The maximum absolute atomic E-state index is 12.0. The van der Waals surface area contributed by atoms with Gasteiger partial charge in [-0.3, -0.25) is 9.58 Å². The van der Waals surface area contributed by atoms with Crippen LogP contribution in [-0.4, -0.2) is 46.4 Å². The second-order valence-corrected chi connectivity index (χ2v) is 5.82. The highest BCUT2D eigenvalue weighted by molar-refractivity contribution is 5.90. The molecule has 1 aromatic rings. The van der Waals surface area contributed by atoms with Crippen molar-refractivity contribution in [2.24, 2.45) is 18.7 Å². The Balaban J connectivity index is 2.00. The van der Waals surface area contributed by atoms with Gasteiger partial charge in [-0.2, -0.15) is 5.10 Å². The molecule has 2 N–H and O–H groups in total. The molecule has 1 unspecified atom stereocenters. The highest BCUT2D eigenvalue weighted by Gasteiger charge is 2.24. The Morgan fingerprint density at radius 3 is 2.76 bits per heavy atom. The largest absolute Gasteiger partial charge is 0.462 e. The molecule has 21 heavy (non-hydrogen) atoms. The lowest BCUT2D eigenvalue weighted by Gasteiger charge is -2.33. The van der Waals surface area contributed by atoms with Gasteiger partial charge in [0.05, 0.1) is 18.5 Å². The first-order valence-corrected chi connectivity index (χ1v) is 7.68. The predicted octanol–water partition coefficient (Wildman–Crippen LogP) is 1.16. The number of nitrogens with two attached hydrogens (primary N) is 1. The molecule has 1 aliphatic rings. The number of likely N-dealkylation sites (tertiary alicyclic amines) is 1. The van der Waals surface area contributed by atoms with Crippen LogP contribution >= 0.6 is 0 Å². The molecule has 0 radical (unpaired) electrons. The number of esters is 1. The Kier molecular flexibility index (Phi) is 5.36. The van der Waals surface area contributed by atoms with E-state index in [1.165, 1.54) is 0 Å². The molecule has 1 aromatic heterocycles. The van der Waals surface area contributed by atoms with Gasteiger partial charge in [0, 0.05) is 19.6 Å². The molecule has 0 bridgehead atoms. The van der Waals surface area contributed by atoms with Gasteiger partial charge in [-0.25, -0.2) is 4.79 Å². The molecule has 1 atom stereocenters. The number of ether oxygens (including phenoxy) is 1. The molecule has 118 valence electrons. The Morgan fingerprint density at radius 2 is 2.19 bits per heavy atom. The van der Waals surface area contributed by atoms with Crippen LogP contribution in [0.4, 0.5) is 0 Å². The van der Waals surface area contributed by atoms with Crippen LogP contribution in [0.5, 0.6) is 0 Å². The van der Waals surface area contributed by atoms with E-state index in [-0.39, 0.29) is 12.0 Å². The molecule has 0 aliphatic carbocycles. The van der Waals surface area contributed by atoms with E-state index in [4.69, 9.17) is 10.5 Å². The van der Waals surface area contributed by atoms with E-state index in [0.29, 0.717) is 18.1 Å². The number of hydrogen-bond acceptors (Lipinski definition) is 5. The summed E-state index contributed by atoms with van der Waals surface area (Å²) in [6.07, 6.45) is 3.83. The van der Waals surface area contributed by atoms with Gasteiger partial charge in [-0.15, -0.1) is 0 Å². The van der Waals surface area contributed by atoms with Gasteiger partial charge in [0.1, 0.15) is 5.56 Å². The molecule has 2 heterocycles. The molecular formula is C15H26N4O2. The van der Waals surface area contributed by atoms with Crippen LogP contribution in [0.1, 0.15) is 42.7 Å². The summed E-state index contributed by atoms with van der Waals surface area (Å²) in [7, 11) is 1.87. The lowest BCUT2D eigenvalue weighted by Crippen LogP contribution is -2.39. The number of nitrogens with zero attached hydrogens (tertiary/aromatic N) is 3. The lowest BCUT2D eigenvalue weighted by molar-refractivity contribution is 0.0523. The first kappa shape index (κ1) is 16.0. The molecular weight excluding hydrogens is 268 g/mol. The fourth-order valence-corrected chi connectivity index (χ4v) is 2.88. The van der Waals surface area contributed by atoms with Gasteiger partial charge in [0.15, 0.2) is 0 Å². The first-order valence-electron chi connectivity index (χ1n) is 7.68. The molecule has 1 aliphatic heterocycles. The van der Waals surface area contributed by atoms with Crippen LogP contribution in [0.3, 0.4) is 0 Å². The molecule has 1 fully saturated rings. The lowest BCUT2D eigenvalue weighted by atomic mass is 9.91. The van der Waals surface area contributed by atoms with E-state index in [1.54, 1.807) is 10.9 Å². The van der Waals surface area contributed by atoms with Gasteiger partial charge in [-0.1, -0.05) is 0 Å². The number of piperidine rings is 1. The van der Waals surface area contributed by atoms with Crippen molar-refractivity contribution in [1.29, 1.82) is 0 Å². The fourth-order valence-electron chi connectivity index (χ4n) is 2.88. The highest BCUT2D eigenvalue weighted by Crippen LogP contribution is 2.22. The summed E-state index contributed by atoms with van der Waals surface area (Å²) in [5.74, 6) is 0.323. The van der Waals surface area contributed by atoms with Crippen molar-refractivity contribution in [3.8, 4) is 0 Å². The van der Waals surface area contributed by atoms with E-state index in [2.05, 4.69) is 16.9 Å². The summed E-state index contributed by atoms with van der Waals surface area (Å²) >= 11 is 0. The third-order valence-electron chi connectivity index (χ3n) is 4.31. The van der Waals surface area contributed by atoms with Gasteiger partial charge in [-0.05, 0) is 45.7 Å². The van der Waals surface area contributed by atoms with Gasteiger partial charge < -0.3 is 10.5 Å². The van der Waals surface area contributed by atoms with E-state index in [9.17, 15) is 4.79 Å². The topological polar surface area (TPSA) is 73.4 Å². The number of rotatable bonds is 5. The highest BCUT2D eigenvalue weighted by atomic mass is 16.5. The monoisotopic (exact) mass is 294 g/mol. The second-order valence-electron chi connectivity index (χ2n) is 5.82. The standard InChI is InChI=1S/C15H26N4O2/c1-4-21-15(20)13-9-17-18(3)14(13)10-19-7-5-12(6-8-19)11(2)16/h9,11-12H,4-8,10,16H2,1-3H3. The van der Waals surface area contributed by atoms with E-state index in [1.807, 2.05) is 14.0 Å². The predicted molar refractivity (Wildman–Crippen MR) is 80.8 cm³/mol. The van der Waals surface area contributed by atoms with Crippen molar-refractivity contribution in [2.45, 2.75) is 39.3 Å². The molecule has 0 spiro atoms. The van der Waals surface area contributed by atoms with Crippen LogP contribution in [0.2, 0.25) is 0 Å². The van der Waals surface area contributed by atoms with Crippen molar-refractivity contribution in [2.75, 3.05) is 19.7 Å². The van der Waals surface area contributed by atoms with E-state index in [0.717, 1.165) is 38.2 Å². The first-order chi connectivity index (χ1) is 10.0. The average Bonchev–Trinajstić information content (AvgIpc) is 2.81. The Hall–Kier alpha value is -1.40. The average molecular weight is 294 g/mol. The number of aromatic nitrogens is 2. The van der Waals surface area contributed by atoms with E-state index >= 15 is 0 Å². The maximum atomic E-state index is 12.0. The van der Waals surface area contributed by atoms with Gasteiger partial charge >= 0.3 is 5.97 Å². The van der Waals surface area contributed by atoms with Crippen molar-refractivity contribution in [3.63, 3.8) is 0 Å². The number of aryl methyl sites for hydroxylation is 1. The second kappa shape index (κ2) is 7.04. The van der Waals surface area contributed by atoms with Crippen molar-refractivity contribution in [3.05, 3.63) is 17.5 Å². The van der Waals surface area contributed by atoms with Crippen molar-refractivity contribution >= 4 is 5.97 Å². The summed E-state index contributed by atoms with van der Waals surface area (Å²) in [5, 5.41) is 4.20. The molecule has 0 aromatic carbocycles. The quantitative estimate of drug-likeness (QED) is 0.825. The van der Waals surface area contributed by atoms with Crippen LogP contribution < -0.4 is 5.73 Å². The molecule has 1 saturated heterocycles. The zero-order valence-electron chi connectivity index (χ0n) is 13.2. The minimum atomic E-state index is -0.286. The molecule has 6 nitrogen and oxygen atoms in total. The van der Waals surface area contributed by atoms with Crippen LogP contribution in [0.25, 0.3) is 0 Å². The third kappa shape index (κ3) is 3.83. The molecule has 2 rings (SSSR count). The summed E-state index contributed by atoms with van der Waals surface area (Å²) in [6.45, 7) is 7.04. The summed E-state index contributed by atoms with van der Waals surface area (Å²) in [5.41, 5.74) is 7.48. The summed E-state index contributed by atoms with van der Waals surface area (Å²) in [4.78, 5) is 14.3. The SMILES string of the molecule is CCOC(=O)c1cnn(C)c1CN1CCC(C(C)N)CC1. The fraction of sp³-hybridized carbons (Fsp3) is 0.733. The number of carbonyl (C=O) groups excluding carboxylic acids is 1. The normalized spacial score (nSPS) is 18.7. The van der Waals surface area contributed by atoms with Crippen molar-refractivity contribution in [1.82, 2.24) is 14.7 Å². The number of carbonyl (C=O) groups is 1. The van der Waals surface area contributed by atoms with Gasteiger partial charge in [0.25, 0.3) is 0 Å². The molecule has 6 heteroatoms. The van der Waals surface area contributed by atoms with Crippen LogP contribution in [0, 0.1) is 5.92 Å². The Labute approximate surface area is 126 Å². The third-order valence-corrected chi connectivity index (χ3v) is 4.31. The number of hydrogen-bond donors (Lipinski definition) is 1. The smallest absolute Gasteiger partial charge is 0.341 e. The summed E-state index contributed by atoms with van der Waals surface area (Å²) < 4.78 is 6.86. The zero-order chi connectivity index (χ0) is 15.4. The molecule has 0 saturated carbocycles. The van der Waals surface area contributed by atoms with Crippen LogP contribution in [0.15, 0.2) is 6.20 Å². The summed E-state index contributed by atoms with van der Waals surface area (Å²) in [6, 6.07) is 0.263.